The number of hydrogen-bond acceptors (Lipinski definition) is 6. The lowest BCUT2D eigenvalue weighted by molar-refractivity contribution is -0.463. The number of carbonyl (C=O) groups is 2. The maximum absolute atomic E-state index is 11.9. The first-order valence-electron chi connectivity index (χ1n) is 7.09. The minimum atomic E-state index is -4.76. The van der Waals surface area contributed by atoms with Crippen molar-refractivity contribution >= 4 is 25.4 Å². The molecule has 0 fully saturated rings. The fraction of sp³-hybridized carbons (Fsp3) is 0.727. The molecule has 0 saturated heterocycles. The van der Waals surface area contributed by atoms with Crippen molar-refractivity contribution in [1.29, 1.82) is 0 Å². The lowest BCUT2D eigenvalue weighted by atomic mass is 10.1. The molecule has 4 atom stereocenters. The van der Waals surface area contributed by atoms with E-state index in [1.165, 1.54) is 0 Å². The molecule has 0 aliphatic rings. The largest absolute Gasteiger partial charge is 0.779 e. The molecule has 140 valence electrons. The molecular formula is C11H24N5O7P. The summed E-state index contributed by atoms with van der Waals surface area (Å²) >= 11 is 0. The van der Waals surface area contributed by atoms with Crippen molar-refractivity contribution in [3.8, 4) is 0 Å². The second kappa shape index (κ2) is 10.2. The molecule has 0 aliphatic heterocycles. The van der Waals surface area contributed by atoms with Crippen LogP contribution < -0.4 is 37.5 Å². The van der Waals surface area contributed by atoms with Gasteiger partial charge in [0.25, 0.3) is 5.91 Å². The first-order valence-corrected chi connectivity index (χ1v) is 8.85. The zero-order valence-electron chi connectivity index (χ0n) is 13.0. The predicted molar refractivity (Wildman–Crippen MR) is 77.4 cm³/mol. The molecule has 0 saturated carbocycles. The van der Waals surface area contributed by atoms with Gasteiger partial charge >= 0.3 is 5.96 Å². The van der Waals surface area contributed by atoms with Crippen molar-refractivity contribution < 1.29 is 44.9 Å². The van der Waals surface area contributed by atoms with Crippen molar-refractivity contribution in [2.24, 2.45) is 11.5 Å². The Hall–Kier alpha value is -1.72. The van der Waals surface area contributed by atoms with E-state index >= 15 is 0 Å². The van der Waals surface area contributed by atoms with E-state index < -0.39 is 50.2 Å². The summed E-state index contributed by atoms with van der Waals surface area (Å²) in [6.45, 7) is 0.402. The molecule has 3 unspecified atom stereocenters. The van der Waals surface area contributed by atoms with Gasteiger partial charge in [-0.25, -0.2) is 0 Å². The van der Waals surface area contributed by atoms with Gasteiger partial charge in [-0.05, 0) is 12.8 Å². The number of quaternary nitrogens is 1. The van der Waals surface area contributed by atoms with Crippen LogP contribution >= 0.6 is 7.60 Å². The van der Waals surface area contributed by atoms with Crippen molar-refractivity contribution in [3.63, 3.8) is 0 Å². The Kier molecular flexibility index (Phi) is 9.48. The number of guanidine groups is 1. The van der Waals surface area contributed by atoms with Crippen molar-refractivity contribution in [1.82, 2.24) is 5.32 Å². The Balaban J connectivity index is 4.49. The first-order chi connectivity index (χ1) is 10.9. The summed E-state index contributed by atoms with van der Waals surface area (Å²) in [5.41, 5.74) is 14.0. The number of carbonyl (C=O) groups excluding carboxylic acids is 2. The third-order valence-electron chi connectivity index (χ3n) is 2.98. The highest BCUT2D eigenvalue weighted by Gasteiger charge is 2.24. The standard InChI is InChI=1S/C11H24N5O7P/c12-7(2-1-3-15-11(13)14)9(18)16-8(10(19)20)4-6(17)5-24(21,22)23/h6-8,17H,1-5,12H2,(H,16,18)(H,19,20)(H4,13,14,15)(H2,21,22,23)/t6?,7-,8?/m0/s1. The molecule has 11 N–H and O–H groups in total. The number of hydrogen-bond donors (Lipinski definition) is 7. The van der Waals surface area contributed by atoms with Crippen LogP contribution in [0.4, 0.5) is 0 Å². The molecule has 0 radical (unpaired) electrons. The van der Waals surface area contributed by atoms with Crippen LogP contribution in [0.15, 0.2) is 0 Å². The maximum Gasteiger partial charge on any atom is 0.338 e. The van der Waals surface area contributed by atoms with Gasteiger partial charge in [-0.15, -0.1) is 0 Å². The van der Waals surface area contributed by atoms with Crippen LogP contribution in [0.25, 0.3) is 0 Å². The Morgan fingerprint density at radius 3 is 2.42 bits per heavy atom. The molecule has 0 spiro atoms. The summed E-state index contributed by atoms with van der Waals surface area (Å²) in [5.74, 6) is -2.36. The number of carboxylic acid groups (broad SMARTS) is 1. The molecule has 0 rings (SSSR count). The number of aliphatic carboxylic acids is 1. The van der Waals surface area contributed by atoms with Crippen LogP contribution in [-0.2, 0) is 14.2 Å². The third kappa shape index (κ3) is 10.9. The van der Waals surface area contributed by atoms with E-state index in [1.807, 2.05) is 0 Å². The number of rotatable bonds is 11. The highest BCUT2D eigenvalue weighted by Crippen LogP contribution is 2.30. The fourth-order valence-electron chi connectivity index (χ4n) is 1.83. The van der Waals surface area contributed by atoms with Crippen molar-refractivity contribution in [2.45, 2.75) is 37.5 Å². The number of aliphatic hydroxyl groups excluding tert-OH is 1. The van der Waals surface area contributed by atoms with Gasteiger partial charge in [0.05, 0.1) is 24.7 Å². The molecular weight excluding hydrogens is 345 g/mol. The van der Waals surface area contributed by atoms with Crippen LogP contribution in [0.3, 0.4) is 0 Å². The van der Waals surface area contributed by atoms with Gasteiger partial charge in [0, 0.05) is 12.6 Å². The average Bonchev–Trinajstić information content (AvgIpc) is 2.39. The molecule has 0 bridgehead atoms. The van der Waals surface area contributed by atoms with Crippen LogP contribution in [0.5, 0.6) is 0 Å². The summed E-state index contributed by atoms with van der Waals surface area (Å²) in [4.78, 5) is 44.8. The molecule has 0 aromatic rings. The molecule has 0 heterocycles. The highest BCUT2D eigenvalue weighted by molar-refractivity contribution is 7.50. The maximum atomic E-state index is 11.9. The lowest BCUT2D eigenvalue weighted by Crippen LogP contribution is -2.78. The molecule has 13 heteroatoms. The van der Waals surface area contributed by atoms with E-state index in [2.05, 4.69) is 16.0 Å². The van der Waals surface area contributed by atoms with E-state index in [1.54, 1.807) is 0 Å². The monoisotopic (exact) mass is 369 g/mol. The number of carboxylic acids is 1. The van der Waals surface area contributed by atoms with Crippen LogP contribution in [-0.4, -0.2) is 58.7 Å². The zero-order chi connectivity index (χ0) is 18.9. The number of nitrogens with one attached hydrogen (secondary N) is 2. The molecule has 12 nitrogen and oxygen atoms in total. The van der Waals surface area contributed by atoms with Gasteiger partial charge in [0.15, 0.2) is 6.04 Å². The average molecular weight is 369 g/mol. The lowest BCUT2D eigenvalue weighted by Gasteiger charge is -2.25. The van der Waals surface area contributed by atoms with Gasteiger partial charge < -0.3 is 40.4 Å². The van der Waals surface area contributed by atoms with Gasteiger partial charge in [-0.2, -0.15) is 0 Å². The normalized spacial score (nSPS) is 17.2. The van der Waals surface area contributed by atoms with Gasteiger partial charge in [-0.1, -0.05) is 0 Å². The van der Waals surface area contributed by atoms with Crippen LogP contribution in [0.1, 0.15) is 19.3 Å². The zero-order valence-corrected chi connectivity index (χ0v) is 13.9. The summed E-state index contributed by atoms with van der Waals surface area (Å²) in [5, 5.41) is 22.6. The van der Waals surface area contributed by atoms with E-state index in [0.29, 0.717) is 19.4 Å². The third-order valence-corrected chi connectivity index (χ3v) is 3.86. The van der Waals surface area contributed by atoms with Gasteiger partial charge in [0.2, 0.25) is 0 Å². The predicted octanol–water partition coefficient (Wildman–Crippen LogP) is -7.74. The second-order valence-electron chi connectivity index (χ2n) is 5.31. The Morgan fingerprint density at radius 2 is 1.96 bits per heavy atom. The summed E-state index contributed by atoms with van der Waals surface area (Å²) in [6, 6.07) is -2.40. The second-order valence-corrected chi connectivity index (χ2v) is 6.95. The number of amides is 1. The minimum Gasteiger partial charge on any atom is -0.779 e. The number of nitrogens with two attached hydrogens (primary N) is 2. The summed E-state index contributed by atoms with van der Waals surface area (Å²) < 4.78 is 10.7. The number of aliphatic hydroxyl groups is 1. The molecule has 1 amide bonds. The Labute approximate surface area is 138 Å². The van der Waals surface area contributed by atoms with Crippen LogP contribution in [0.2, 0.25) is 0 Å². The first kappa shape index (κ1) is 22.3. The van der Waals surface area contributed by atoms with E-state index in [4.69, 9.17) is 16.4 Å². The Bertz CT molecular complexity index is 505. The molecule has 24 heavy (non-hydrogen) atoms. The van der Waals surface area contributed by atoms with E-state index in [-0.39, 0.29) is 5.96 Å². The quantitative estimate of drug-likeness (QED) is 0.0789. The molecule has 0 aliphatic carbocycles. The highest BCUT2D eigenvalue weighted by atomic mass is 31.2. The van der Waals surface area contributed by atoms with E-state index in [9.17, 15) is 29.3 Å². The van der Waals surface area contributed by atoms with E-state index in [0.717, 1.165) is 0 Å². The van der Waals surface area contributed by atoms with Crippen LogP contribution in [0, 0.1) is 0 Å². The summed E-state index contributed by atoms with van der Waals surface area (Å²) in [7, 11) is -4.76. The summed E-state index contributed by atoms with van der Waals surface area (Å²) in [6.07, 6.45) is -2.53. The van der Waals surface area contributed by atoms with Gasteiger partial charge in [0.1, 0.15) is 7.60 Å². The minimum absolute atomic E-state index is 0.0330. The topological polar surface area (TPSA) is 243 Å². The molecule has 0 aromatic carbocycles. The van der Waals surface area contributed by atoms with Crippen molar-refractivity contribution in [2.75, 3.05) is 12.7 Å². The SMILES string of the molecule is NC(N)=[NH+]CCC[C@H]([NH3+])C(=O)NC(CC(O)CP(=O)([O-])O)C(=O)[O-]. The Morgan fingerprint density at radius 1 is 1.38 bits per heavy atom. The smallest absolute Gasteiger partial charge is 0.338 e. The molecule has 0 aromatic heterocycles. The fourth-order valence-corrected chi connectivity index (χ4v) is 2.51. The van der Waals surface area contributed by atoms with Crippen molar-refractivity contribution in [3.05, 3.63) is 0 Å². The van der Waals surface area contributed by atoms with Gasteiger partial charge in [-0.3, -0.25) is 21.3 Å².